The predicted octanol–water partition coefficient (Wildman–Crippen LogP) is 7.94. The molecule has 5 rings (SSSR count). The molecule has 0 aliphatic carbocycles. The minimum Gasteiger partial charge on any atom is -0.507 e. The van der Waals surface area contributed by atoms with E-state index in [4.69, 9.17) is 14.4 Å². The van der Waals surface area contributed by atoms with Crippen LogP contribution in [0.2, 0.25) is 0 Å². The van der Waals surface area contributed by atoms with E-state index in [0.717, 1.165) is 33.5 Å². The van der Waals surface area contributed by atoms with E-state index in [1.807, 2.05) is 54.6 Å². The zero-order valence-corrected chi connectivity index (χ0v) is 22.1. The molecule has 37 heavy (non-hydrogen) atoms. The lowest BCUT2D eigenvalue weighted by atomic mass is 9.79. The summed E-state index contributed by atoms with van der Waals surface area (Å²) in [5.74, 6) is 0.741. The number of H-pyrrole nitrogens is 1. The quantitative estimate of drug-likeness (QED) is 0.249. The summed E-state index contributed by atoms with van der Waals surface area (Å²) >= 11 is 0. The maximum atomic E-state index is 11.2. The van der Waals surface area contributed by atoms with Gasteiger partial charge in [0.05, 0.1) is 16.9 Å². The van der Waals surface area contributed by atoms with Crippen LogP contribution in [-0.2, 0) is 10.8 Å². The topological polar surface area (TPSA) is 87.3 Å². The third kappa shape index (κ3) is 4.79. The van der Waals surface area contributed by atoms with Crippen LogP contribution in [-0.4, -0.2) is 26.5 Å². The van der Waals surface area contributed by atoms with Crippen LogP contribution in [0.25, 0.3) is 33.8 Å². The van der Waals surface area contributed by atoms with Gasteiger partial charge in [-0.2, -0.15) is 5.10 Å². The van der Waals surface area contributed by atoms with Gasteiger partial charge in [0.15, 0.2) is 5.58 Å². The highest BCUT2D eigenvalue weighted by molar-refractivity contribution is 5.92. The Bertz CT molecular complexity index is 1600. The van der Waals surface area contributed by atoms with Gasteiger partial charge in [-0.05, 0) is 46.7 Å². The number of phenolic OH excluding ortho intramolecular Hbond substituents is 1. The number of hydrogen-bond acceptors (Lipinski definition) is 5. The molecule has 2 heterocycles. The first-order chi connectivity index (χ1) is 17.5. The molecular weight excluding hydrogens is 460 g/mol. The lowest BCUT2D eigenvalue weighted by molar-refractivity contribution is 0.444. The number of para-hydroxylation sites is 2. The normalized spacial score (nSPS) is 12.6. The molecule has 188 valence electrons. The van der Waals surface area contributed by atoms with Crippen LogP contribution < -0.4 is 0 Å². The van der Waals surface area contributed by atoms with Gasteiger partial charge in [-0.3, -0.25) is 10.1 Å². The first kappa shape index (κ1) is 24.5. The van der Waals surface area contributed by atoms with Gasteiger partial charge < -0.3 is 9.52 Å². The van der Waals surface area contributed by atoms with Crippen molar-refractivity contribution in [1.29, 1.82) is 0 Å². The van der Waals surface area contributed by atoms with Crippen LogP contribution in [0.4, 0.5) is 5.69 Å². The number of phenols is 1. The van der Waals surface area contributed by atoms with Gasteiger partial charge >= 0.3 is 0 Å². The van der Waals surface area contributed by atoms with Crippen molar-refractivity contribution in [1.82, 2.24) is 15.2 Å². The summed E-state index contributed by atoms with van der Waals surface area (Å²) in [4.78, 5) is 9.63. The fourth-order valence-corrected chi connectivity index (χ4v) is 4.35. The maximum absolute atomic E-state index is 11.2. The Labute approximate surface area is 217 Å². The lowest BCUT2D eigenvalue weighted by Gasteiger charge is -2.27. The number of aromatic amines is 1. The second-order valence-corrected chi connectivity index (χ2v) is 11.4. The molecule has 0 atom stereocenters. The number of aliphatic imine (C=N–C) groups is 1. The third-order valence-electron chi connectivity index (χ3n) is 6.50. The van der Waals surface area contributed by atoms with Crippen LogP contribution in [0.3, 0.4) is 0 Å². The summed E-state index contributed by atoms with van der Waals surface area (Å²) in [6, 6.07) is 19.6. The first-order valence-electron chi connectivity index (χ1n) is 12.4. The summed E-state index contributed by atoms with van der Waals surface area (Å²) in [5.41, 5.74) is 7.17. The maximum Gasteiger partial charge on any atom is 0.229 e. The van der Waals surface area contributed by atoms with Gasteiger partial charge in [-0.15, -0.1) is 0 Å². The second-order valence-electron chi connectivity index (χ2n) is 11.4. The highest BCUT2D eigenvalue weighted by Crippen LogP contribution is 2.38. The summed E-state index contributed by atoms with van der Waals surface area (Å²) in [6.45, 7) is 12.8. The molecule has 0 unspecified atom stereocenters. The van der Waals surface area contributed by atoms with Crippen LogP contribution in [0.5, 0.6) is 5.75 Å². The Morgan fingerprint density at radius 2 is 1.65 bits per heavy atom. The highest BCUT2D eigenvalue weighted by atomic mass is 16.3. The van der Waals surface area contributed by atoms with Gasteiger partial charge in [0.1, 0.15) is 11.3 Å². The van der Waals surface area contributed by atoms with Gasteiger partial charge in [-0.25, -0.2) is 4.98 Å². The minimum atomic E-state index is -0.212. The molecule has 0 amide bonds. The van der Waals surface area contributed by atoms with Crippen LogP contribution in [0.15, 0.2) is 76.3 Å². The number of aromatic nitrogens is 3. The fraction of sp³-hybridized carbons (Fsp3) is 0.258. The standard InChI is InChI=1S/C31H32N4O2/c1-30(2,3)20-16-19(28(36)23(17-20)31(4,5)6)18-32-24-12-8-7-10-22(24)29-34-27-21(25-14-15-33-35-25)11-9-13-26(27)37-29/h7-18,36H,1-6H3,(H,33,35). The fourth-order valence-electron chi connectivity index (χ4n) is 4.35. The van der Waals surface area contributed by atoms with Crippen LogP contribution in [0, 0.1) is 0 Å². The molecule has 0 bridgehead atoms. The molecule has 0 fully saturated rings. The average molecular weight is 493 g/mol. The van der Waals surface area contributed by atoms with Gasteiger partial charge in [0.25, 0.3) is 0 Å². The van der Waals surface area contributed by atoms with Crippen molar-refractivity contribution in [2.24, 2.45) is 4.99 Å². The van der Waals surface area contributed by atoms with Crippen LogP contribution >= 0.6 is 0 Å². The summed E-state index contributed by atoms with van der Waals surface area (Å²) in [7, 11) is 0. The SMILES string of the molecule is CC(C)(C)c1cc(C=Nc2ccccc2-c2nc3c(-c4ccn[nH]4)cccc3o2)c(O)c(C(C)(C)C)c1. The molecule has 6 heteroatoms. The van der Waals surface area contributed by atoms with Crippen molar-refractivity contribution in [3.63, 3.8) is 0 Å². The number of nitrogens with one attached hydrogen (secondary N) is 1. The predicted molar refractivity (Wildman–Crippen MR) is 150 cm³/mol. The Balaban J connectivity index is 1.59. The Morgan fingerprint density at radius 1 is 0.892 bits per heavy atom. The van der Waals surface area contributed by atoms with Gasteiger partial charge in [-0.1, -0.05) is 71.9 Å². The van der Waals surface area contributed by atoms with E-state index in [2.05, 4.69) is 57.8 Å². The van der Waals surface area contributed by atoms with E-state index in [1.165, 1.54) is 0 Å². The number of hydrogen-bond donors (Lipinski definition) is 2. The summed E-state index contributed by atoms with van der Waals surface area (Å²) in [5, 5.41) is 18.2. The van der Waals surface area contributed by atoms with E-state index in [1.54, 1.807) is 12.4 Å². The molecule has 5 aromatic rings. The zero-order valence-electron chi connectivity index (χ0n) is 22.1. The van der Waals surface area contributed by atoms with Gasteiger partial charge in [0.2, 0.25) is 5.89 Å². The van der Waals surface area contributed by atoms with Crippen molar-refractivity contribution in [3.8, 4) is 28.5 Å². The van der Waals surface area contributed by atoms with E-state index in [-0.39, 0.29) is 16.6 Å². The average Bonchev–Trinajstić information content (AvgIpc) is 3.52. The number of aromatic hydroxyl groups is 1. The zero-order chi connectivity index (χ0) is 26.4. The molecule has 0 spiro atoms. The second kappa shape index (κ2) is 9.04. The van der Waals surface area contributed by atoms with Crippen molar-refractivity contribution < 1.29 is 9.52 Å². The van der Waals surface area contributed by atoms with E-state index in [9.17, 15) is 5.11 Å². The first-order valence-corrected chi connectivity index (χ1v) is 12.4. The highest BCUT2D eigenvalue weighted by Gasteiger charge is 2.24. The van der Waals surface area contributed by atoms with Crippen molar-refractivity contribution >= 4 is 23.0 Å². The largest absolute Gasteiger partial charge is 0.507 e. The molecule has 0 aliphatic rings. The molecule has 0 saturated heterocycles. The number of fused-ring (bicyclic) bond motifs is 1. The molecule has 2 N–H and O–H groups in total. The molecular formula is C31H32N4O2. The third-order valence-corrected chi connectivity index (χ3v) is 6.50. The molecule has 0 saturated carbocycles. The summed E-state index contributed by atoms with van der Waals surface area (Å²) in [6.07, 6.45) is 3.45. The molecule has 6 nitrogen and oxygen atoms in total. The monoisotopic (exact) mass is 492 g/mol. The van der Waals surface area contributed by atoms with Crippen molar-refractivity contribution in [2.45, 2.75) is 52.4 Å². The van der Waals surface area contributed by atoms with E-state index in [0.29, 0.717) is 22.7 Å². The Kier molecular flexibility index (Phi) is 5.98. The summed E-state index contributed by atoms with van der Waals surface area (Å²) < 4.78 is 6.17. The van der Waals surface area contributed by atoms with E-state index < -0.39 is 0 Å². The number of rotatable bonds is 4. The van der Waals surface area contributed by atoms with Gasteiger partial charge in [0, 0.05) is 29.1 Å². The number of nitrogens with zero attached hydrogens (tertiary/aromatic N) is 3. The Hall–Kier alpha value is -4.19. The molecule has 0 radical (unpaired) electrons. The Morgan fingerprint density at radius 3 is 2.35 bits per heavy atom. The minimum absolute atomic E-state index is 0.0707. The number of benzene rings is 3. The lowest BCUT2D eigenvalue weighted by Crippen LogP contribution is -2.17. The van der Waals surface area contributed by atoms with E-state index >= 15 is 0 Å². The van der Waals surface area contributed by atoms with Crippen molar-refractivity contribution in [2.75, 3.05) is 0 Å². The molecule has 2 aromatic heterocycles. The van der Waals surface area contributed by atoms with Crippen LogP contribution in [0.1, 0.15) is 58.2 Å². The molecule has 0 aliphatic heterocycles. The molecule has 3 aromatic carbocycles. The number of oxazole rings is 1. The van der Waals surface area contributed by atoms with Crippen molar-refractivity contribution in [3.05, 3.63) is 83.6 Å². The smallest absolute Gasteiger partial charge is 0.229 e.